The fourth-order valence-corrected chi connectivity index (χ4v) is 1.64. The summed E-state index contributed by atoms with van der Waals surface area (Å²) in [6, 6.07) is 0.336. The average Bonchev–Trinajstić information content (AvgIpc) is 2.66. The summed E-state index contributed by atoms with van der Waals surface area (Å²) in [5.74, 6) is 0.716. The molecule has 1 rings (SSSR count). The Kier molecular flexibility index (Phi) is 3.74. The van der Waals surface area contributed by atoms with Gasteiger partial charge in [0, 0.05) is 19.1 Å². The maximum atomic E-state index is 5.96. The van der Waals surface area contributed by atoms with Gasteiger partial charge >= 0.3 is 0 Å². The van der Waals surface area contributed by atoms with Crippen molar-refractivity contribution in [1.29, 1.82) is 0 Å². The Hall–Kier alpha value is -0.0800. The predicted octanol–water partition coefficient (Wildman–Crippen LogP) is 1.75. The van der Waals surface area contributed by atoms with Crippen molar-refractivity contribution in [2.24, 2.45) is 17.1 Å². The average molecular weight is 184 g/mol. The zero-order valence-electron chi connectivity index (χ0n) is 9.27. The summed E-state index contributed by atoms with van der Waals surface area (Å²) in [7, 11) is 0. The van der Waals surface area contributed by atoms with Crippen molar-refractivity contribution in [3.8, 4) is 0 Å². The Balaban J connectivity index is 1.98. The highest BCUT2D eigenvalue weighted by atomic mass is 14.9. The van der Waals surface area contributed by atoms with E-state index < -0.39 is 0 Å². The maximum Gasteiger partial charge on any atom is 0.0167 e. The summed E-state index contributed by atoms with van der Waals surface area (Å²) in [6.07, 6.45) is 3.91. The van der Waals surface area contributed by atoms with Gasteiger partial charge in [0.05, 0.1) is 0 Å². The van der Waals surface area contributed by atoms with Crippen molar-refractivity contribution in [3.05, 3.63) is 0 Å². The lowest BCUT2D eigenvalue weighted by Crippen LogP contribution is -2.37. The molecule has 0 saturated heterocycles. The van der Waals surface area contributed by atoms with Gasteiger partial charge in [-0.25, -0.2) is 0 Å². The van der Waals surface area contributed by atoms with E-state index in [4.69, 9.17) is 5.73 Å². The van der Waals surface area contributed by atoms with Crippen LogP contribution in [0.2, 0.25) is 0 Å². The molecule has 0 aromatic carbocycles. The molecular weight excluding hydrogens is 160 g/mol. The lowest BCUT2D eigenvalue weighted by molar-refractivity contribution is 0.434. The van der Waals surface area contributed by atoms with Crippen LogP contribution in [0.5, 0.6) is 0 Å². The van der Waals surface area contributed by atoms with Crippen LogP contribution in [0.25, 0.3) is 0 Å². The summed E-state index contributed by atoms with van der Waals surface area (Å²) in [4.78, 5) is 0. The molecular formula is C11H24N2. The van der Waals surface area contributed by atoms with Gasteiger partial charge in [-0.05, 0) is 30.6 Å². The molecule has 1 aliphatic rings. The Labute approximate surface area is 82.3 Å². The molecule has 78 valence electrons. The molecule has 0 amide bonds. The summed E-state index contributed by atoms with van der Waals surface area (Å²) in [6.45, 7) is 8.92. The van der Waals surface area contributed by atoms with E-state index in [1.165, 1.54) is 12.8 Å². The van der Waals surface area contributed by atoms with E-state index in [0.29, 0.717) is 17.4 Å². The van der Waals surface area contributed by atoms with Gasteiger partial charge in [-0.3, -0.25) is 0 Å². The van der Waals surface area contributed by atoms with E-state index in [2.05, 4.69) is 26.1 Å². The highest BCUT2D eigenvalue weighted by Crippen LogP contribution is 2.43. The van der Waals surface area contributed by atoms with Gasteiger partial charge in [0.15, 0.2) is 0 Å². The van der Waals surface area contributed by atoms with E-state index in [0.717, 1.165) is 19.5 Å². The van der Waals surface area contributed by atoms with E-state index >= 15 is 0 Å². The van der Waals surface area contributed by atoms with Crippen molar-refractivity contribution in [2.45, 2.75) is 46.1 Å². The topological polar surface area (TPSA) is 38.0 Å². The molecule has 2 nitrogen and oxygen atoms in total. The second-order valence-corrected chi connectivity index (χ2v) is 5.33. The van der Waals surface area contributed by atoms with Gasteiger partial charge in [-0.2, -0.15) is 0 Å². The van der Waals surface area contributed by atoms with Crippen molar-refractivity contribution >= 4 is 0 Å². The van der Waals surface area contributed by atoms with Gasteiger partial charge in [-0.15, -0.1) is 0 Å². The maximum absolute atomic E-state index is 5.96. The molecule has 0 aromatic heterocycles. The van der Waals surface area contributed by atoms with Crippen LogP contribution in [-0.4, -0.2) is 19.1 Å². The van der Waals surface area contributed by atoms with Crippen LogP contribution in [0.1, 0.15) is 40.0 Å². The van der Waals surface area contributed by atoms with Gasteiger partial charge in [0.1, 0.15) is 0 Å². The fourth-order valence-electron chi connectivity index (χ4n) is 1.64. The Bertz CT molecular complexity index is 150. The van der Waals surface area contributed by atoms with Crippen molar-refractivity contribution in [2.75, 3.05) is 13.1 Å². The van der Waals surface area contributed by atoms with E-state index in [9.17, 15) is 0 Å². The van der Waals surface area contributed by atoms with Gasteiger partial charge in [0.2, 0.25) is 0 Å². The highest BCUT2D eigenvalue weighted by Gasteiger charge is 2.36. The van der Waals surface area contributed by atoms with Crippen LogP contribution in [0, 0.1) is 11.3 Å². The van der Waals surface area contributed by atoms with Gasteiger partial charge in [-0.1, -0.05) is 20.8 Å². The zero-order chi connectivity index (χ0) is 9.90. The molecule has 1 unspecified atom stereocenters. The van der Waals surface area contributed by atoms with E-state index in [-0.39, 0.29) is 0 Å². The third-order valence-corrected chi connectivity index (χ3v) is 2.84. The summed E-state index contributed by atoms with van der Waals surface area (Å²) in [5.41, 5.74) is 6.57. The van der Waals surface area contributed by atoms with Crippen molar-refractivity contribution < 1.29 is 0 Å². The Morgan fingerprint density at radius 1 is 1.38 bits per heavy atom. The number of rotatable bonds is 6. The lowest BCUT2D eigenvalue weighted by atomic mass is 10.0. The minimum absolute atomic E-state index is 0.336. The number of nitrogens with two attached hydrogens (primary N) is 1. The van der Waals surface area contributed by atoms with Crippen LogP contribution in [0.15, 0.2) is 0 Å². The summed E-state index contributed by atoms with van der Waals surface area (Å²) in [5, 5.41) is 3.47. The first kappa shape index (κ1) is 11.0. The first-order valence-electron chi connectivity index (χ1n) is 5.48. The second-order valence-electron chi connectivity index (χ2n) is 5.33. The largest absolute Gasteiger partial charge is 0.327 e. The highest BCUT2D eigenvalue weighted by molar-refractivity contribution is 4.90. The molecule has 1 aliphatic carbocycles. The quantitative estimate of drug-likeness (QED) is 0.660. The molecule has 1 fully saturated rings. The Morgan fingerprint density at radius 3 is 2.46 bits per heavy atom. The molecule has 0 aliphatic heterocycles. The molecule has 0 spiro atoms. The molecule has 13 heavy (non-hydrogen) atoms. The third kappa shape index (κ3) is 4.63. The molecule has 2 heteroatoms. The molecule has 0 aromatic rings. The van der Waals surface area contributed by atoms with Crippen LogP contribution in [0.3, 0.4) is 0 Å². The predicted molar refractivity (Wildman–Crippen MR) is 57.6 cm³/mol. The SMILES string of the molecule is CC(C)CC(N)CNCC1(C)CC1. The van der Waals surface area contributed by atoms with E-state index in [1.807, 2.05) is 0 Å². The van der Waals surface area contributed by atoms with Gasteiger partial charge in [0.25, 0.3) is 0 Å². The van der Waals surface area contributed by atoms with Crippen molar-refractivity contribution in [3.63, 3.8) is 0 Å². The summed E-state index contributed by atoms with van der Waals surface area (Å²) >= 11 is 0. The van der Waals surface area contributed by atoms with Crippen molar-refractivity contribution in [1.82, 2.24) is 5.32 Å². The monoisotopic (exact) mass is 184 g/mol. The molecule has 0 radical (unpaired) electrons. The molecule has 0 heterocycles. The Morgan fingerprint density at radius 2 is 2.00 bits per heavy atom. The number of hydrogen-bond acceptors (Lipinski definition) is 2. The standard InChI is InChI=1S/C11H24N2/c1-9(2)6-10(12)7-13-8-11(3)4-5-11/h9-10,13H,4-8,12H2,1-3H3. The van der Waals surface area contributed by atoms with Crippen LogP contribution >= 0.6 is 0 Å². The number of nitrogens with one attached hydrogen (secondary N) is 1. The first-order chi connectivity index (χ1) is 6.02. The molecule has 0 bridgehead atoms. The van der Waals surface area contributed by atoms with E-state index in [1.54, 1.807) is 0 Å². The molecule has 1 atom stereocenters. The zero-order valence-corrected chi connectivity index (χ0v) is 9.27. The minimum atomic E-state index is 0.336. The smallest absolute Gasteiger partial charge is 0.0167 e. The minimum Gasteiger partial charge on any atom is -0.327 e. The number of hydrogen-bond donors (Lipinski definition) is 2. The summed E-state index contributed by atoms with van der Waals surface area (Å²) < 4.78 is 0. The van der Waals surface area contributed by atoms with Gasteiger partial charge < -0.3 is 11.1 Å². The molecule has 3 N–H and O–H groups in total. The van der Waals surface area contributed by atoms with Crippen LogP contribution in [-0.2, 0) is 0 Å². The first-order valence-corrected chi connectivity index (χ1v) is 5.48. The second kappa shape index (κ2) is 4.43. The van der Waals surface area contributed by atoms with Crippen LogP contribution < -0.4 is 11.1 Å². The third-order valence-electron chi connectivity index (χ3n) is 2.84. The normalized spacial score (nSPS) is 21.9. The fraction of sp³-hybridized carbons (Fsp3) is 1.00. The van der Waals surface area contributed by atoms with Crippen LogP contribution in [0.4, 0.5) is 0 Å². The molecule has 1 saturated carbocycles. The lowest BCUT2D eigenvalue weighted by Gasteiger charge is -2.16.